The summed E-state index contributed by atoms with van der Waals surface area (Å²) in [6, 6.07) is 4.76. The van der Waals surface area contributed by atoms with Gasteiger partial charge in [-0.25, -0.2) is 4.39 Å². The number of nitrogens with zero attached hydrogens (tertiary/aromatic N) is 1. The molecule has 0 aliphatic heterocycles. The molecule has 0 unspecified atom stereocenters. The Hall–Kier alpha value is -2.94. The number of benzene rings is 1. The number of aryl methyl sites for hydroxylation is 1. The number of H-pyrrole nitrogens is 1. The van der Waals surface area contributed by atoms with Crippen molar-refractivity contribution in [3.63, 3.8) is 0 Å². The van der Waals surface area contributed by atoms with Crippen molar-refractivity contribution in [2.75, 3.05) is 5.32 Å². The summed E-state index contributed by atoms with van der Waals surface area (Å²) in [4.78, 5) is 29.3. The predicted octanol–water partition coefficient (Wildman–Crippen LogP) is 1.54. The number of carbonyl (C=O) groups excluding carboxylic acids is 1. The van der Waals surface area contributed by atoms with Crippen molar-refractivity contribution in [3.05, 3.63) is 51.8 Å². The highest BCUT2D eigenvalue weighted by Gasteiger charge is 2.14. The number of amidine groups is 1. The second-order valence-corrected chi connectivity index (χ2v) is 4.49. The molecule has 0 atom stereocenters. The van der Waals surface area contributed by atoms with Gasteiger partial charge in [0.25, 0.3) is 11.5 Å². The lowest BCUT2D eigenvalue weighted by Gasteiger charge is -2.06. The number of amides is 1. The van der Waals surface area contributed by atoms with Crippen molar-refractivity contribution in [3.8, 4) is 5.88 Å². The first kappa shape index (κ1) is 21.1. The van der Waals surface area contributed by atoms with Crippen LogP contribution in [-0.2, 0) is 0 Å². The first-order valence-corrected chi connectivity index (χ1v) is 6.38. The van der Waals surface area contributed by atoms with Gasteiger partial charge in [-0.05, 0) is 38.1 Å². The van der Waals surface area contributed by atoms with E-state index in [-0.39, 0.29) is 35.3 Å². The highest BCUT2D eigenvalue weighted by atomic mass is 35.5. The molecule has 1 amide bonds. The first-order valence-electron chi connectivity index (χ1n) is 6.38. The Balaban J connectivity index is 0.000000954. The van der Waals surface area contributed by atoms with Gasteiger partial charge in [-0.2, -0.15) is 4.98 Å². The van der Waals surface area contributed by atoms with Gasteiger partial charge in [-0.3, -0.25) is 15.0 Å². The number of nitrogens with two attached hydrogens (primary N) is 1. The van der Waals surface area contributed by atoms with Crippen molar-refractivity contribution in [1.29, 1.82) is 5.41 Å². The second kappa shape index (κ2) is 9.26. The fourth-order valence-corrected chi connectivity index (χ4v) is 1.47. The quantitative estimate of drug-likeness (QED) is 0.409. The number of aromatic hydroxyl groups is 1. The van der Waals surface area contributed by atoms with Crippen LogP contribution in [0, 0.1) is 18.2 Å². The molecule has 6 N–H and O–H groups in total. The van der Waals surface area contributed by atoms with Crippen molar-refractivity contribution in [2.24, 2.45) is 5.73 Å². The van der Waals surface area contributed by atoms with Crippen LogP contribution in [0.4, 0.5) is 10.1 Å². The third-order valence-electron chi connectivity index (χ3n) is 2.36. The lowest BCUT2D eigenvalue weighted by Crippen LogP contribution is -2.21. The van der Waals surface area contributed by atoms with E-state index in [0.29, 0.717) is 0 Å². The zero-order valence-electron chi connectivity index (χ0n) is 12.9. The van der Waals surface area contributed by atoms with Crippen molar-refractivity contribution in [1.82, 2.24) is 9.97 Å². The number of nitrogens with one attached hydrogen (secondary N) is 3. The van der Waals surface area contributed by atoms with Crippen molar-refractivity contribution in [2.45, 2.75) is 13.8 Å². The molecule has 10 heteroatoms. The molecule has 130 valence electrons. The van der Waals surface area contributed by atoms with Gasteiger partial charge in [0.05, 0.1) is 5.84 Å². The average Bonchev–Trinajstić information content (AvgIpc) is 2.42. The molecule has 0 saturated heterocycles. The molecule has 0 fully saturated rings. The number of rotatable bonds is 2. The molecule has 0 spiro atoms. The van der Waals surface area contributed by atoms with Crippen LogP contribution in [0.15, 0.2) is 29.1 Å². The van der Waals surface area contributed by atoms with E-state index < -0.39 is 23.2 Å². The molecule has 24 heavy (non-hydrogen) atoms. The fraction of sp³-hybridized carbons (Fsp3) is 0.143. The summed E-state index contributed by atoms with van der Waals surface area (Å²) in [5.74, 6) is -1.31. The molecule has 0 saturated carbocycles. The monoisotopic (exact) mass is 357 g/mol. The number of hydrogen-bond acceptors (Lipinski definition) is 5. The van der Waals surface area contributed by atoms with Crippen LogP contribution in [-0.4, -0.2) is 26.8 Å². The number of carbonyl (C=O) groups is 1. The molecule has 2 rings (SSSR count). The van der Waals surface area contributed by atoms with E-state index in [1.54, 1.807) is 0 Å². The zero-order valence-corrected chi connectivity index (χ0v) is 13.7. The van der Waals surface area contributed by atoms with Gasteiger partial charge in [0.2, 0.25) is 5.88 Å². The molecule has 1 heterocycles. The summed E-state index contributed by atoms with van der Waals surface area (Å²) >= 11 is 0. The molecule has 2 aromatic rings. The minimum atomic E-state index is -0.666. The van der Waals surface area contributed by atoms with Crippen molar-refractivity contribution < 1.29 is 14.3 Å². The standard InChI is InChI=1S/C12H10FN3O3.C2H6N2.ClH/c1-6-14-11(18)9(12(19)15-6)16-10(17)7-2-4-8(13)5-3-7;1-2(3)4;/h2-5H,1H3,(H,16,17)(H2,14,15,18,19);1H3,(H3,3,4);1H. The Morgan fingerprint density at radius 1 is 1.38 bits per heavy atom. The van der Waals surface area contributed by atoms with E-state index in [1.165, 1.54) is 26.0 Å². The Kier molecular flexibility index (Phi) is 8.12. The van der Waals surface area contributed by atoms with Gasteiger partial charge in [-0.15, -0.1) is 12.4 Å². The van der Waals surface area contributed by atoms with Crippen LogP contribution in [0.1, 0.15) is 23.1 Å². The van der Waals surface area contributed by atoms with E-state index in [1.807, 2.05) is 0 Å². The second-order valence-electron chi connectivity index (χ2n) is 4.49. The third kappa shape index (κ3) is 6.44. The number of anilines is 1. The fourth-order valence-electron chi connectivity index (χ4n) is 1.47. The Morgan fingerprint density at radius 3 is 2.33 bits per heavy atom. The van der Waals surface area contributed by atoms with Crippen LogP contribution in [0.5, 0.6) is 5.88 Å². The molecule has 0 radical (unpaired) electrons. The van der Waals surface area contributed by atoms with Crippen LogP contribution in [0.25, 0.3) is 0 Å². The van der Waals surface area contributed by atoms with Gasteiger partial charge in [0.1, 0.15) is 11.6 Å². The highest BCUT2D eigenvalue weighted by Crippen LogP contribution is 2.15. The molecule has 1 aromatic heterocycles. The van der Waals surface area contributed by atoms with E-state index in [2.05, 4.69) is 15.3 Å². The van der Waals surface area contributed by atoms with Gasteiger partial charge in [0, 0.05) is 5.56 Å². The van der Waals surface area contributed by atoms with Gasteiger partial charge in [-0.1, -0.05) is 0 Å². The Labute approximate surface area is 142 Å². The van der Waals surface area contributed by atoms with E-state index >= 15 is 0 Å². The van der Waals surface area contributed by atoms with Gasteiger partial charge < -0.3 is 21.1 Å². The summed E-state index contributed by atoms with van der Waals surface area (Å²) in [5, 5.41) is 18.0. The average molecular weight is 358 g/mol. The number of hydrogen-bond donors (Lipinski definition) is 5. The van der Waals surface area contributed by atoms with E-state index in [0.717, 1.165) is 12.1 Å². The summed E-state index contributed by atoms with van der Waals surface area (Å²) in [7, 11) is 0. The molecular weight excluding hydrogens is 341 g/mol. The van der Waals surface area contributed by atoms with Crippen LogP contribution in [0.3, 0.4) is 0 Å². The first-order chi connectivity index (χ1) is 10.7. The maximum absolute atomic E-state index is 12.7. The molecule has 0 bridgehead atoms. The minimum absolute atomic E-state index is 0. The number of halogens is 2. The minimum Gasteiger partial charge on any atom is -0.492 e. The molecule has 0 aliphatic carbocycles. The summed E-state index contributed by atoms with van der Waals surface area (Å²) in [6.45, 7) is 3.02. The zero-order chi connectivity index (χ0) is 17.6. The van der Waals surface area contributed by atoms with E-state index in [4.69, 9.17) is 11.1 Å². The lowest BCUT2D eigenvalue weighted by molar-refractivity contribution is 0.102. The number of aromatic amines is 1. The maximum Gasteiger partial charge on any atom is 0.278 e. The molecule has 0 aliphatic rings. The number of aromatic nitrogens is 2. The maximum atomic E-state index is 12.7. The summed E-state index contributed by atoms with van der Waals surface area (Å²) in [5.41, 5.74) is 3.83. The largest absolute Gasteiger partial charge is 0.492 e. The van der Waals surface area contributed by atoms with Crippen molar-refractivity contribution >= 4 is 29.8 Å². The van der Waals surface area contributed by atoms with E-state index in [9.17, 15) is 19.1 Å². The van der Waals surface area contributed by atoms with Gasteiger partial charge >= 0.3 is 0 Å². The Morgan fingerprint density at radius 2 is 1.88 bits per heavy atom. The topological polar surface area (TPSA) is 145 Å². The lowest BCUT2D eigenvalue weighted by atomic mass is 10.2. The van der Waals surface area contributed by atoms with Crippen LogP contribution >= 0.6 is 12.4 Å². The van der Waals surface area contributed by atoms with Crippen LogP contribution in [0.2, 0.25) is 0 Å². The molecule has 8 nitrogen and oxygen atoms in total. The predicted molar refractivity (Wildman–Crippen MR) is 90.4 cm³/mol. The normalized spacial score (nSPS) is 9.12. The third-order valence-corrected chi connectivity index (χ3v) is 2.36. The smallest absolute Gasteiger partial charge is 0.278 e. The SMILES string of the molecule is CC(=N)N.Cc1nc(O)c(NC(=O)c2ccc(F)cc2)c(=O)[nH]1.Cl. The molecule has 1 aromatic carbocycles. The summed E-state index contributed by atoms with van der Waals surface area (Å²) in [6.07, 6.45) is 0. The van der Waals surface area contributed by atoms with Gasteiger partial charge in [0.15, 0.2) is 5.69 Å². The summed E-state index contributed by atoms with van der Waals surface area (Å²) < 4.78 is 12.7. The Bertz CT molecular complexity index is 773. The molecular formula is C14H17ClFN5O3. The van der Waals surface area contributed by atoms with Crippen LogP contribution < -0.4 is 16.6 Å². The highest BCUT2D eigenvalue weighted by molar-refractivity contribution is 6.04.